The quantitative estimate of drug-likeness (QED) is 0.127. The smallest absolute Gasteiger partial charge is 0.223 e. The SMILES string of the molecule is Cc1ccccc1CCC(=O)N1C2CCC1C(Cn1ccc3cc(-c4cn[nH]c4)ccc31)C2.O=C(CCc1cccc(F)c1)N1C2CCC1C(Cn1ccc3cc(-c4cn[nH]c4)ccc31)C2. The summed E-state index contributed by atoms with van der Waals surface area (Å²) in [5.41, 5.74) is 10.5. The summed E-state index contributed by atoms with van der Waals surface area (Å²) in [6, 6.07) is 34.0. The van der Waals surface area contributed by atoms with Gasteiger partial charge in [0, 0.05) is 108 Å². The number of amides is 2. The summed E-state index contributed by atoms with van der Waals surface area (Å²) in [5, 5.41) is 16.4. The molecule has 0 saturated carbocycles. The highest BCUT2D eigenvalue weighted by Crippen LogP contribution is 2.45. The summed E-state index contributed by atoms with van der Waals surface area (Å²) in [6.07, 6.45) is 21.1. The van der Waals surface area contributed by atoms with E-state index >= 15 is 0 Å². The average molecular weight is 881 g/mol. The number of carbonyl (C=O) groups excluding carboxylic acids is 2. The highest BCUT2D eigenvalue weighted by Gasteiger charge is 2.49. The standard InChI is InChI=1S/C28H30N4O.C27H27FN4O/c1-19-4-2-3-5-20(19)7-11-28(33)32-25-8-10-27(32)23(15-25)18-31-13-12-22-14-21(6-9-26(22)31)24-16-29-30-17-24;28-23-3-1-2-18(12-23)4-9-27(33)32-24-6-8-26(32)21(14-24)17-31-11-10-20-13-19(5-7-25(20)31)22-15-29-30-16-22/h2-6,9,12-14,16-17,23,25,27H,7-8,10-11,15,18H2,1H3,(H,29,30);1-3,5,7,10-13,15-16,21,24,26H,4,6,8-9,14,17H2,(H,29,30). The molecule has 0 aliphatic carbocycles. The number of aryl methyl sites for hydroxylation is 3. The highest BCUT2D eigenvalue weighted by atomic mass is 19.1. The van der Waals surface area contributed by atoms with Crippen molar-refractivity contribution in [2.24, 2.45) is 11.8 Å². The monoisotopic (exact) mass is 880 g/mol. The molecule has 6 unspecified atom stereocenters. The Balaban J connectivity index is 0.000000146. The summed E-state index contributed by atoms with van der Waals surface area (Å²) >= 11 is 0. The molecular weight excluding hydrogens is 824 g/mol. The lowest BCUT2D eigenvalue weighted by atomic mass is 9.89. The fourth-order valence-electron chi connectivity index (χ4n) is 12.1. The second-order valence-electron chi connectivity index (χ2n) is 19.2. The van der Waals surface area contributed by atoms with Gasteiger partial charge in [0.25, 0.3) is 0 Å². The van der Waals surface area contributed by atoms with Gasteiger partial charge in [-0.1, -0.05) is 48.5 Å². The van der Waals surface area contributed by atoms with Crippen LogP contribution in [0.25, 0.3) is 44.1 Å². The van der Waals surface area contributed by atoms with E-state index in [-0.39, 0.29) is 11.7 Å². The molecule has 4 fully saturated rings. The minimum atomic E-state index is -0.239. The number of carbonyl (C=O) groups is 2. The highest BCUT2D eigenvalue weighted by molar-refractivity contribution is 5.86. The Bertz CT molecular complexity index is 2990. The summed E-state index contributed by atoms with van der Waals surface area (Å²) in [7, 11) is 0. The van der Waals surface area contributed by atoms with E-state index < -0.39 is 0 Å². The molecular formula is C55H57FN8O2. The van der Waals surface area contributed by atoms with E-state index in [1.807, 2.05) is 30.9 Å². The fourth-order valence-corrected chi connectivity index (χ4v) is 12.1. The number of aromatic amines is 2. The van der Waals surface area contributed by atoms with Gasteiger partial charge in [0.1, 0.15) is 5.82 Å². The van der Waals surface area contributed by atoms with Gasteiger partial charge in [-0.15, -0.1) is 0 Å². The van der Waals surface area contributed by atoms with Crippen LogP contribution in [0.3, 0.4) is 0 Å². The molecule has 4 aromatic carbocycles. The molecule has 0 radical (unpaired) electrons. The molecule has 4 aliphatic rings. The Morgan fingerprint density at radius 1 is 0.621 bits per heavy atom. The number of H-pyrrole nitrogens is 2. The first-order valence-corrected chi connectivity index (χ1v) is 23.9. The second kappa shape index (κ2) is 17.9. The first-order valence-electron chi connectivity index (χ1n) is 23.9. The molecule has 66 heavy (non-hydrogen) atoms. The van der Waals surface area contributed by atoms with Gasteiger partial charge < -0.3 is 18.9 Å². The van der Waals surface area contributed by atoms with Gasteiger partial charge in [0.2, 0.25) is 11.8 Å². The lowest BCUT2D eigenvalue weighted by molar-refractivity contribution is -0.133. The summed E-state index contributed by atoms with van der Waals surface area (Å²) in [6.45, 7) is 4.05. The molecule has 2 N–H and O–H groups in total. The van der Waals surface area contributed by atoms with Crippen molar-refractivity contribution in [1.29, 1.82) is 0 Å². The molecule has 12 rings (SSSR count). The van der Waals surface area contributed by atoms with E-state index in [0.29, 0.717) is 61.2 Å². The van der Waals surface area contributed by atoms with Crippen molar-refractivity contribution in [3.63, 3.8) is 0 Å². The molecule has 8 aromatic rings. The third-order valence-corrected chi connectivity index (χ3v) is 15.4. The lowest BCUT2D eigenvalue weighted by Gasteiger charge is -2.25. The van der Waals surface area contributed by atoms with Crippen LogP contribution in [0.2, 0.25) is 0 Å². The largest absolute Gasteiger partial charge is 0.347 e. The third-order valence-electron chi connectivity index (χ3n) is 15.4. The van der Waals surface area contributed by atoms with Crippen molar-refractivity contribution in [1.82, 2.24) is 39.3 Å². The van der Waals surface area contributed by atoms with Crippen LogP contribution in [0, 0.1) is 24.6 Å². The van der Waals surface area contributed by atoms with Gasteiger partial charge in [-0.25, -0.2) is 4.39 Å². The second-order valence-corrected chi connectivity index (χ2v) is 19.2. The van der Waals surface area contributed by atoms with E-state index in [4.69, 9.17) is 0 Å². The molecule has 336 valence electrons. The molecule has 11 heteroatoms. The number of hydrogen-bond donors (Lipinski definition) is 2. The van der Waals surface area contributed by atoms with Gasteiger partial charge in [0.05, 0.1) is 12.4 Å². The van der Waals surface area contributed by atoms with Gasteiger partial charge in [-0.2, -0.15) is 10.2 Å². The van der Waals surface area contributed by atoms with E-state index in [1.165, 1.54) is 50.6 Å². The minimum Gasteiger partial charge on any atom is -0.347 e. The molecule has 6 atom stereocenters. The maximum absolute atomic E-state index is 13.5. The van der Waals surface area contributed by atoms with E-state index in [1.54, 1.807) is 6.07 Å². The summed E-state index contributed by atoms with van der Waals surface area (Å²) in [5.74, 6) is 1.34. The zero-order chi connectivity index (χ0) is 44.7. The van der Waals surface area contributed by atoms with Crippen molar-refractivity contribution in [3.8, 4) is 22.3 Å². The average Bonchev–Trinajstić information content (AvgIpc) is 4.21. The van der Waals surface area contributed by atoms with Gasteiger partial charge >= 0.3 is 0 Å². The van der Waals surface area contributed by atoms with Gasteiger partial charge in [0.15, 0.2) is 0 Å². The topological polar surface area (TPSA) is 108 Å². The molecule has 4 aliphatic heterocycles. The van der Waals surface area contributed by atoms with Crippen LogP contribution in [0.15, 0.2) is 134 Å². The van der Waals surface area contributed by atoms with Crippen LogP contribution in [-0.4, -0.2) is 75.3 Å². The van der Waals surface area contributed by atoms with E-state index in [9.17, 15) is 14.0 Å². The predicted octanol–water partition coefficient (Wildman–Crippen LogP) is 10.5. The fraction of sp³-hybridized carbons (Fsp3) is 0.345. The van der Waals surface area contributed by atoms with Crippen LogP contribution >= 0.6 is 0 Å². The van der Waals surface area contributed by atoms with Crippen molar-refractivity contribution in [2.45, 2.75) is 108 Å². The van der Waals surface area contributed by atoms with Crippen LogP contribution in [0.1, 0.15) is 68.1 Å². The van der Waals surface area contributed by atoms with E-state index in [2.05, 4.69) is 131 Å². The van der Waals surface area contributed by atoms with E-state index in [0.717, 1.165) is 80.3 Å². The number of nitrogens with one attached hydrogen (secondary N) is 2. The predicted molar refractivity (Wildman–Crippen MR) is 257 cm³/mol. The Labute approximate surface area is 384 Å². The zero-order valence-corrected chi connectivity index (χ0v) is 37.5. The molecule has 10 nitrogen and oxygen atoms in total. The molecule has 4 saturated heterocycles. The van der Waals surface area contributed by atoms with Crippen LogP contribution in [0.5, 0.6) is 0 Å². The summed E-state index contributed by atoms with van der Waals surface area (Å²) in [4.78, 5) is 30.7. The molecule has 0 spiro atoms. The third kappa shape index (κ3) is 8.24. The number of benzene rings is 4. The molecule has 4 aromatic heterocycles. The van der Waals surface area contributed by atoms with Gasteiger partial charge in [-0.3, -0.25) is 19.8 Å². The number of rotatable bonds is 12. The Kier molecular flexibility index (Phi) is 11.4. The minimum absolute atomic E-state index is 0.219. The number of aromatic nitrogens is 6. The number of halogens is 1. The van der Waals surface area contributed by atoms with Gasteiger partial charge in [-0.05, 0) is 146 Å². The van der Waals surface area contributed by atoms with Crippen molar-refractivity contribution >= 4 is 33.6 Å². The number of fused-ring (bicyclic) bond motifs is 6. The lowest BCUT2D eigenvalue weighted by Crippen LogP contribution is -2.37. The zero-order valence-electron chi connectivity index (χ0n) is 37.5. The molecule has 4 bridgehead atoms. The molecule has 8 heterocycles. The maximum atomic E-state index is 13.5. The van der Waals surface area contributed by atoms with Crippen LogP contribution in [-0.2, 0) is 35.5 Å². The summed E-state index contributed by atoms with van der Waals surface area (Å²) < 4.78 is 18.2. The normalized spacial score (nSPS) is 21.8. The first kappa shape index (κ1) is 41.9. The Morgan fingerprint density at radius 3 is 1.71 bits per heavy atom. The number of hydrogen-bond acceptors (Lipinski definition) is 4. The maximum Gasteiger partial charge on any atom is 0.223 e. The van der Waals surface area contributed by atoms with Crippen molar-refractivity contribution in [3.05, 3.63) is 157 Å². The Morgan fingerprint density at radius 2 is 1.18 bits per heavy atom. The van der Waals surface area contributed by atoms with Crippen molar-refractivity contribution in [2.75, 3.05) is 0 Å². The Hall–Kier alpha value is -6.75. The number of nitrogens with zero attached hydrogens (tertiary/aromatic N) is 6. The van der Waals surface area contributed by atoms with Crippen LogP contribution < -0.4 is 0 Å². The first-order chi connectivity index (χ1) is 32.3. The molecule has 2 amide bonds. The van der Waals surface area contributed by atoms with Crippen molar-refractivity contribution < 1.29 is 14.0 Å². The van der Waals surface area contributed by atoms with Crippen LogP contribution in [0.4, 0.5) is 4.39 Å².